The topological polar surface area (TPSA) is 69.2 Å². The molecule has 0 aromatic rings. The Hall–Kier alpha value is -0.610. The van der Waals surface area contributed by atoms with Crippen LogP contribution in [-0.4, -0.2) is 87.2 Å². The van der Waals surface area contributed by atoms with Crippen LogP contribution in [0, 0.1) is 5.92 Å². The zero-order valence-electron chi connectivity index (χ0n) is 17.4. The van der Waals surface area contributed by atoms with Gasteiger partial charge in [0.25, 0.3) is 0 Å². The van der Waals surface area contributed by atoms with E-state index in [-0.39, 0.29) is 36.4 Å². The maximum absolute atomic E-state index is 11.9. The molecule has 1 saturated carbocycles. The normalized spacial score (nSPS) is 20.3. The lowest BCUT2D eigenvalue weighted by Crippen LogP contribution is -2.53. The molecule has 1 atom stereocenters. The van der Waals surface area contributed by atoms with Crippen molar-refractivity contribution < 1.29 is 9.53 Å². The molecular formula is C19H38IN5O2. The fourth-order valence-electron chi connectivity index (χ4n) is 3.60. The number of likely N-dealkylation sites (N-methyl/N-ethyl adjacent to an activating group) is 1. The number of guanidine groups is 1. The summed E-state index contributed by atoms with van der Waals surface area (Å²) in [6.45, 7) is 9.10. The third-order valence-corrected chi connectivity index (χ3v) is 5.33. The van der Waals surface area contributed by atoms with E-state index in [0.717, 1.165) is 38.8 Å². The number of aliphatic imine (C=N–C) groups is 1. The number of hydrogen-bond donors (Lipinski definition) is 2. The maximum Gasteiger partial charge on any atom is 0.243 e. The molecule has 1 heterocycles. The van der Waals surface area contributed by atoms with E-state index in [9.17, 15) is 4.79 Å². The molecule has 8 heteroatoms. The fourth-order valence-corrected chi connectivity index (χ4v) is 3.60. The summed E-state index contributed by atoms with van der Waals surface area (Å²) >= 11 is 0. The van der Waals surface area contributed by atoms with E-state index >= 15 is 0 Å². The molecule has 0 radical (unpaired) electrons. The molecule has 2 rings (SSSR count). The van der Waals surface area contributed by atoms with Gasteiger partial charge >= 0.3 is 0 Å². The summed E-state index contributed by atoms with van der Waals surface area (Å²) in [5.41, 5.74) is 0. The molecule has 0 spiro atoms. The minimum atomic E-state index is 0. The molecule has 2 aliphatic rings. The predicted molar refractivity (Wildman–Crippen MR) is 121 cm³/mol. The van der Waals surface area contributed by atoms with Gasteiger partial charge in [0, 0.05) is 45.8 Å². The highest BCUT2D eigenvalue weighted by Gasteiger charge is 2.24. The van der Waals surface area contributed by atoms with Gasteiger partial charge in [-0.15, -0.1) is 24.0 Å². The molecule has 0 aromatic carbocycles. The molecule has 27 heavy (non-hydrogen) atoms. The molecule has 1 aliphatic heterocycles. The second kappa shape index (κ2) is 12.8. The second-order valence-electron chi connectivity index (χ2n) is 7.92. The van der Waals surface area contributed by atoms with Crippen molar-refractivity contribution in [3.63, 3.8) is 0 Å². The molecule has 7 nitrogen and oxygen atoms in total. The molecule has 0 aromatic heterocycles. The Balaban J connectivity index is 0.00000364. The Labute approximate surface area is 181 Å². The van der Waals surface area contributed by atoms with E-state index in [4.69, 9.17) is 4.74 Å². The molecule has 0 bridgehead atoms. The number of carbonyl (C=O) groups is 1. The smallest absolute Gasteiger partial charge is 0.243 e. The maximum atomic E-state index is 11.9. The number of hydrogen-bond acceptors (Lipinski definition) is 4. The Morgan fingerprint density at radius 3 is 2.41 bits per heavy atom. The van der Waals surface area contributed by atoms with Gasteiger partial charge in [-0.05, 0) is 18.8 Å². The van der Waals surface area contributed by atoms with Crippen LogP contribution in [0.25, 0.3) is 0 Å². The van der Waals surface area contributed by atoms with Gasteiger partial charge in [0.1, 0.15) is 6.54 Å². The van der Waals surface area contributed by atoms with Crippen LogP contribution < -0.4 is 10.6 Å². The highest BCUT2D eigenvalue weighted by atomic mass is 127. The summed E-state index contributed by atoms with van der Waals surface area (Å²) in [4.78, 5) is 20.5. The van der Waals surface area contributed by atoms with E-state index < -0.39 is 0 Å². The first-order chi connectivity index (χ1) is 12.5. The SMILES string of the molecule is CC(C)C(CNC(=NCC(=O)N(C)C)NC1CCCC1)N1CCOCC1.I. The Bertz CT molecular complexity index is 461. The number of ether oxygens (including phenoxy) is 1. The molecule has 1 amide bonds. The molecule has 2 fully saturated rings. The number of rotatable bonds is 7. The largest absolute Gasteiger partial charge is 0.379 e. The summed E-state index contributed by atoms with van der Waals surface area (Å²) in [5, 5.41) is 7.04. The van der Waals surface area contributed by atoms with Crippen LogP contribution in [0.2, 0.25) is 0 Å². The predicted octanol–water partition coefficient (Wildman–Crippen LogP) is 1.53. The Morgan fingerprint density at radius 2 is 1.85 bits per heavy atom. The minimum Gasteiger partial charge on any atom is -0.379 e. The Kier molecular flexibility index (Phi) is 11.6. The van der Waals surface area contributed by atoms with Gasteiger partial charge in [-0.25, -0.2) is 4.99 Å². The first-order valence-electron chi connectivity index (χ1n) is 10.0. The lowest BCUT2D eigenvalue weighted by atomic mass is 10.0. The van der Waals surface area contributed by atoms with Crippen molar-refractivity contribution >= 4 is 35.8 Å². The molecule has 1 unspecified atom stereocenters. The van der Waals surface area contributed by atoms with Crippen molar-refractivity contribution in [2.75, 3.05) is 53.5 Å². The standard InChI is InChI=1S/C19H37N5O2.HI/c1-15(2)17(24-9-11-26-12-10-24)13-20-19(21-14-18(25)23(3)4)22-16-7-5-6-8-16;/h15-17H,5-14H2,1-4H3,(H2,20,21,22);1H. The monoisotopic (exact) mass is 495 g/mol. The molecule has 2 N–H and O–H groups in total. The van der Waals surface area contributed by atoms with Crippen molar-refractivity contribution in [2.24, 2.45) is 10.9 Å². The van der Waals surface area contributed by atoms with E-state index in [1.807, 2.05) is 0 Å². The molecule has 158 valence electrons. The van der Waals surface area contributed by atoms with Gasteiger partial charge in [-0.2, -0.15) is 0 Å². The van der Waals surface area contributed by atoms with E-state index in [1.54, 1.807) is 19.0 Å². The van der Waals surface area contributed by atoms with Crippen LogP contribution in [0.15, 0.2) is 4.99 Å². The lowest BCUT2D eigenvalue weighted by molar-refractivity contribution is -0.127. The second-order valence-corrected chi connectivity index (χ2v) is 7.92. The van der Waals surface area contributed by atoms with Gasteiger partial charge in [-0.3, -0.25) is 9.69 Å². The third kappa shape index (κ3) is 8.51. The number of morpholine rings is 1. The van der Waals surface area contributed by atoms with Crippen LogP contribution >= 0.6 is 24.0 Å². The highest BCUT2D eigenvalue weighted by Crippen LogP contribution is 2.17. The summed E-state index contributed by atoms with van der Waals surface area (Å²) < 4.78 is 5.49. The number of halogens is 1. The number of amides is 1. The van der Waals surface area contributed by atoms with Crippen molar-refractivity contribution in [3.8, 4) is 0 Å². The van der Waals surface area contributed by atoms with Crippen molar-refractivity contribution in [3.05, 3.63) is 0 Å². The number of nitrogens with zero attached hydrogens (tertiary/aromatic N) is 3. The first kappa shape index (κ1) is 24.4. The molecule has 1 aliphatic carbocycles. The summed E-state index contributed by atoms with van der Waals surface area (Å²) in [6.07, 6.45) is 4.90. The van der Waals surface area contributed by atoms with Crippen LogP contribution in [0.4, 0.5) is 0 Å². The van der Waals surface area contributed by atoms with Crippen molar-refractivity contribution in [1.29, 1.82) is 0 Å². The van der Waals surface area contributed by atoms with Gasteiger partial charge in [0.05, 0.1) is 13.2 Å². The van der Waals surface area contributed by atoms with Crippen molar-refractivity contribution in [1.82, 2.24) is 20.4 Å². The Morgan fingerprint density at radius 1 is 1.22 bits per heavy atom. The first-order valence-corrected chi connectivity index (χ1v) is 10.0. The van der Waals surface area contributed by atoms with Gasteiger partial charge in [0.2, 0.25) is 5.91 Å². The van der Waals surface area contributed by atoms with Gasteiger partial charge < -0.3 is 20.3 Å². The quantitative estimate of drug-likeness (QED) is 0.319. The van der Waals surface area contributed by atoms with Gasteiger partial charge in [-0.1, -0.05) is 26.7 Å². The van der Waals surface area contributed by atoms with E-state index in [1.165, 1.54) is 25.7 Å². The van der Waals surface area contributed by atoms with E-state index in [0.29, 0.717) is 18.0 Å². The number of carbonyl (C=O) groups excluding carboxylic acids is 1. The molecular weight excluding hydrogens is 457 g/mol. The van der Waals surface area contributed by atoms with Crippen LogP contribution in [0.1, 0.15) is 39.5 Å². The minimum absolute atomic E-state index is 0. The third-order valence-electron chi connectivity index (χ3n) is 5.33. The summed E-state index contributed by atoms with van der Waals surface area (Å²) in [6, 6.07) is 0.899. The average Bonchev–Trinajstić information content (AvgIpc) is 3.12. The summed E-state index contributed by atoms with van der Waals surface area (Å²) in [5.74, 6) is 1.33. The fraction of sp³-hybridized carbons (Fsp3) is 0.895. The van der Waals surface area contributed by atoms with Crippen LogP contribution in [-0.2, 0) is 9.53 Å². The molecule has 1 saturated heterocycles. The number of nitrogens with one attached hydrogen (secondary N) is 2. The zero-order valence-corrected chi connectivity index (χ0v) is 19.7. The summed E-state index contributed by atoms with van der Waals surface area (Å²) in [7, 11) is 3.53. The van der Waals surface area contributed by atoms with Crippen LogP contribution in [0.3, 0.4) is 0 Å². The highest BCUT2D eigenvalue weighted by molar-refractivity contribution is 14.0. The van der Waals surface area contributed by atoms with Crippen LogP contribution in [0.5, 0.6) is 0 Å². The average molecular weight is 495 g/mol. The lowest BCUT2D eigenvalue weighted by Gasteiger charge is -2.37. The van der Waals surface area contributed by atoms with E-state index in [2.05, 4.69) is 34.4 Å². The van der Waals surface area contributed by atoms with Crippen molar-refractivity contribution in [2.45, 2.75) is 51.6 Å². The van der Waals surface area contributed by atoms with Gasteiger partial charge in [0.15, 0.2) is 5.96 Å². The zero-order chi connectivity index (χ0) is 18.9.